The first-order valence-corrected chi connectivity index (χ1v) is 7.23. The molecule has 2 heterocycles. The third kappa shape index (κ3) is 2.23. The molecule has 0 saturated heterocycles. The van der Waals surface area contributed by atoms with Gasteiger partial charge in [-0.25, -0.2) is 0 Å². The Balaban J connectivity index is 1.67. The minimum Gasteiger partial charge on any atom is -0.465 e. The molecular weight excluding hydrogens is 264 g/mol. The van der Waals surface area contributed by atoms with Crippen molar-refractivity contribution in [3.8, 4) is 0 Å². The molecule has 1 aromatic carbocycles. The van der Waals surface area contributed by atoms with Crippen LogP contribution < -0.4 is 5.32 Å². The molecule has 4 heteroatoms. The maximum absolute atomic E-state index is 12.7. The maximum Gasteiger partial charge on any atom is 0.258 e. The van der Waals surface area contributed by atoms with Crippen LogP contribution in [0, 0.1) is 0 Å². The number of furan rings is 1. The Labute approximate surface area is 123 Å². The molecule has 1 N–H and O–H groups in total. The van der Waals surface area contributed by atoms with Crippen LogP contribution in [0.25, 0.3) is 6.08 Å². The summed E-state index contributed by atoms with van der Waals surface area (Å²) in [4.78, 5) is 14.6. The highest BCUT2D eigenvalue weighted by Crippen LogP contribution is 2.35. The van der Waals surface area contributed by atoms with E-state index in [-0.39, 0.29) is 12.1 Å². The summed E-state index contributed by atoms with van der Waals surface area (Å²) in [5.74, 6) is 0.903. The van der Waals surface area contributed by atoms with Gasteiger partial charge in [-0.15, -0.1) is 0 Å². The molecule has 0 radical (unpaired) electrons. The van der Waals surface area contributed by atoms with E-state index in [0.717, 1.165) is 29.9 Å². The highest BCUT2D eigenvalue weighted by molar-refractivity contribution is 6.02. The van der Waals surface area contributed by atoms with Gasteiger partial charge >= 0.3 is 0 Å². The second-order valence-corrected chi connectivity index (χ2v) is 5.45. The molecule has 4 rings (SSSR count). The molecule has 0 bridgehead atoms. The number of fused-ring (bicyclic) bond motifs is 1. The van der Waals surface area contributed by atoms with E-state index in [1.807, 2.05) is 53.5 Å². The second kappa shape index (κ2) is 4.81. The molecule has 21 heavy (non-hydrogen) atoms. The lowest BCUT2D eigenvalue weighted by Gasteiger charge is -2.36. The number of hydrogen-bond donors (Lipinski definition) is 1. The number of benzene rings is 1. The van der Waals surface area contributed by atoms with E-state index < -0.39 is 0 Å². The third-order valence-corrected chi connectivity index (χ3v) is 3.92. The molecule has 1 fully saturated rings. The molecule has 1 saturated carbocycles. The molecule has 1 aliphatic heterocycles. The van der Waals surface area contributed by atoms with Crippen LogP contribution in [-0.2, 0) is 0 Å². The van der Waals surface area contributed by atoms with Crippen LogP contribution in [0.3, 0.4) is 0 Å². The first-order valence-electron chi connectivity index (χ1n) is 7.23. The first kappa shape index (κ1) is 12.3. The van der Waals surface area contributed by atoms with Crippen molar-refractivity contribution < 1.29 is 9.21 Å². The number of nitrogens with one attached hydrogen (secondary N) is 1. The van der Waals surface area contributed by atoms with Crippen molar-refractivity contribution in [3.63, 3.8) is 0 Å². The van der Waals surface area contributed by atoms with Crippen molar-refractivity contribution in [1.82, 2.24) is 4.90 Å². The SMILES string of the molecule is O=C1c2ccccc2NC(/C=C/c2ccco2)N1C1CC1. The van der Waals surface area contributed by atoms with E-state index in [1.54, 1.807) is 6.26 Å². The Morgan fingerprint density at radius 2 is 2.05 bits per heavy atom. The van der Waals surface area contributed by atoms with Crippen molar-refractivity contribution in [1.29, 1.82) is 0 Å². The molecule has 4 nitrogen and oxygen atoms in total. The Morgan fingerprint density at radius 3 is 2.81 bits per heavy atom. The molecular formula is C17H16N2O2. The van der Waals surface area contributed by atoms with E-state index in [9.17, 15) is 4.79 Å². The predicted octanol–water partition coefficient (Wildman–Crippen LogP) is 3.35. The Bertz CT molecular complexity index is 687. The fourth-order valence-electron chi connectivity index (χ4n) is 2.75. The Morgan fingerprint density at radius 1 is 1.19 bits per heavy atom. The monoisotopic (exact) mass is 280 g/mol. The lowest BCUT2D eigenvalue weighted by atomic mass is 10.1. The fourth-order valence-corrected chi connectivity index (χ4v) is 2.75. The van der Waals surface area contributed by atoms with Gasteiger partial charge in [-0.3, -0.25) is 4.79 Å². The number of para-hydroxylation sites is 1. The third-order valence-electron chi connectivity index (χ3n) is 3.92. The van der Waals surface area contributed by atoms with Gasteiger partial charge in [0.05, 0.1) is 11.8 Å². The molecule has 2 aliphatic rings. The number of rotatable bonds is 3. The summed E-state index contributed by atoms with van der Waals surface area (Å²) in [6, 6.07) is 11.8. The van der Waals surface area contributed by atoms with Crippen molar-refractivity contribution in [2.45, 2.75) is 25.0 Å². The number of anilines is 1. The molecule has 1 atom stereocenters. The highest BCUT2D eigenvalue weighted by Gasteiger charge is 2.40. The van der Waals surface area contributed by atoms with Crippen LogP contribution in [0.5, 0.6) is 0 Å². The summed E-state index contributed by atoms with van der Waals surface area (Å²) in [5, 5.41) is 3.44. The molecule has 1 amide bonds. The zero-order valence-corrected chi connectivity index (χ0v) is 11.5. The van der Waals surface area contributed by atoms with Crippen LogP contribution in [0.15, 0.2) is 53.2 Å². The van der Waals surface area contributed by atoms with Gasteiger partial charge in [-0.05, 0) is 49.3 Å². The fraction of sp³-hybridized carbons (Fsp3) is 0.235. The lowest BCUT2D eigenvalue weighted by molar-refractivity contribution is 0.0703. The summed E-state index contributed by atoms with van der Waals surface area (Å²) in [6.07, 6.45) is 7.60. The zero-order chi connectivity index (χ0) is 14.2. The van der Waals surface area contributed by atoms with Gasteiger partial charge in [0.2, 0.25) is 0 Å². The molecule has 1 aromatic heterocycles. The van der Waals surface area contributed by atoms with Crippen LogP contribution in [-0.4, -0.2) is 23.0 Å². The average Bonchev–Trinajstić information content (AvgIpc) is 3.20. The van der Waals surface area contributed by atoms with E-state index in [0.29, 0.717) is 6.04 Å². The molecule has 1 unspecified atom stereocenters. The molecule has 2 aromatic rings. The van der Waals surface area contributed by atoms with Gasteiger partial charge in [0.1, 0.15) is 11.9 Å². The number of nitrogens with zero attached hydrogens (tertiary/aromatic N) is 1. The summed E-state index contributed by atoms with van der Waals surface area (Å²) in [6.45, 7) is 0. The lowest BCUT2D eigenvalue weighted by Crippen LogP contribution is -2.48. The van der Waals surface area contributed by atoms with Crippen molar-refractivity contribution in [2.75, 3.05) is 5.32 Å². The van der Waals surface area contributed by atoms with Gasteiger partial charge in [0.15, 0.2) is 0 Å². The van der Waals surface area contributed by atoms with E-state index in [1.165, 1.54) is 0 Å². The van der Waals surface area contributed by atoms with Crippen LogP contribution in [0.1, 0.15) is 29.0 Å². The van der Waals surface area contributed by atoms with Crippen LogP contribution >= 0.6 is 0 Å². The molecule has 106 valence electrons. The number of hydrogen-bond acceptors (Lipinski definition) is 3. The number of carbonyl (C=O) groups is 1. The summed E-state index contributed by atoms with van der Waals surface area (Å²) < 4.78 is 5.31. The maximum atomic E-state index is 12.7. The standard InChI is InChI=1S/C17H16N2O2/c20-17-14-5-1-2-6-15(14)18-16(19(17)12-7-8-12)10-9-13-4-3-11-21-13/h1-6,9-12,16,18H,7-8H2/b10-9+. The van der Waals surface area contributed by atoms with Crippen LogP contribution in [0.4, 0.5) is 5.69 Å². The topological polar surface area (TPSA) is 45.5 Å². The largest absolute Gasteiger partial charge is 0.465 e. The minimum absolute atomic E-state index is 0.112. The zero-order valence-electron chi connectivity index (χ0n) is 11.5. The first-order chi connectivity index (χ1) is 10.3. The number of amides is 1. The quantitative estimate of drug-likeness (QED) is 0.937. The summed E-state index contributed by atoms with van der Waals surface area (Å²) in [5.41, 5.74) is 1.65. The highest BCUT2D eigenvalue weighted by atomic mass is 16.3. The van der Waals surface area contributed by atoms with Gasteiger partial charge < -0.3 is 14.6 Å². The second-order valence-electron chi connectivity index (χ2n) is 5.45. The van der Waals surface area contributed by atoms with E-state index in [4.69, 9.17) is 4.42 Å². The van der Waals surface area contributed by atoms with Crippen LogP contribution in [0.2, 0.25) is 0 Å². The Kier molecular flexibility index (Phi) is 2.81. The van der Waals surface area contributed by atoms with Gasteiger partial charge in [-0.1, -0.05) is 12.1 Å². The predicted molar refractivity (Wildman–Crippen MR) is 80.8 cm³/mol. The van der Waals surface area contributed by atoms with Crippen molar-refractivity contribution in [3.05, 3.63) is 60.1 Å². The van der Waals surface area contributed by atoms with Gasteiger partial charge in [0, 0.05) is 11.7 Å². The molecule has 1 aliphatic carbocycles. The van der Waals surface area contributed by atoms with E-state index >= 15 is 0 Å². The summed E-state index contributed by atoms with van der Waals surface area (Å²) in [7, 11) is 0. The average molecular weight is 280 g/mol. The molecule has 0 spiro atoms. The van der Waals surface area contributed by atoms with Gasteiger partial charge in [0.25, 0.3) is 5.91 Å². The minimum atomic E-state index is -0.120. The van der Waals surface area contributed by atoms with Gasteiger partial charge in [-0.2, -0.15) is 0 Å². The smallest absolute Gasteiger partial charge is 0.258 e. The van der Waals surface area contributed by atoms with E-state index in [2.05, 4.69) is 5.32 Å². The number of carbonyl (C=O) groups excluding carboxylic acids is 1. The van der Waals surface area contributed by atoms with Crippen molar-refractivity contribution >= 4 is 17.7 Å². The summed E-state index contributed by atoms with van der Waals surface area (Å²) >= 11 is 0. The normalized spacial score (nSPS) is 21.4. The van der Waals surface area contributed by atoms with Crippen molar-refractivity contribution in [2.24, 2.45) is 0 Å². The Hall–Kier alpha value is -2.49.